The van der Waals surface area contributed by atoms with Gasteiger partial charge in [0.25, 0.3) is 0 Å². The molecule has 0 aromatic rings. The van der Waals surface area contributed by atoms with E-state index >= 15 is 0 Å². The fourth-order valence-electron chi connectivity index (χ4n) is 14.3. The van der Waals surface area contributed by atoms with Gasteiger partial charge in [0.1, 0.15) is 0 Å². The van der Waals surface area contributed by atoms with Crippen molar-refractivity contribution in [2.24, 2.45) is 93.7 Å². The molecular weight excluding hydrogens is 288 g/mol. The first-order valence-electron chi connectivity index (χ1n) is 11.4. The van der Waals surface area contributed by atoms with Gasteiger partial charge in [0.2, 0.25) is 0 Å². The average Bonchev–Trinajstić information content (AvgIpc) is 3.27. The molecule has 16 atom stereocenters. The summed E-state index contributed by atoms with van der Waals surface area (Å²) in [6.45, 7) is 5.60. The summed E-state index contributed by atoms with van der Waals surface area (Å²) in [5.41, 5.74) is 5.87. The number of hydrogen-bond acceptors (Lipinski definition) is 0. The van der Waals surface area contributed by atoms with Crippen LogP contribution in [0.4, 0.5) is 0 Å². The maximum absolute atomic E-state index is 2.80. The van der Waals surface area contributed by atoms with E-state index in [4.69, 9.17) is 0 Å². The molecule has 0 aromatic heterocycles. The molecule has 0 nitrogen and oxygen atoms in total. The normalized spacial score (nSPS) is 89.2. The first-order chi connectivity index (χ1) is 11.7. The van der Waals surface area contributed by atoms with Crippen molar-refractivity contribution in [3.63, 3.8) is 0 Å². The lowest BCUT2D eigenvalue weighted by molar-refractivity contribution is -0.0581. The van der Waals surface area contributed by atoms with Gasteiger partial charge in [-0.05, 0) is 119 Å². The van der Waals surface area contributed by atoms with Crippen LogP contribution in [0.3, 0.4) is 0 Å². The lowest BCUT2D eigenvalue weighted by Crippen LogP contribution is -2.54. The van der Waals surface area contributed by atoms with Gasteiger partial charge in [-0.3, -0.25) is 0 Å². The minimum Gasteiger partial charge on any atom is -0.0599 e. The molecule has 0 amide bonds. The highest BCUT2D eigenvalue weighted by molar-refractivity contribution is 5.54. The van der Waals surface area contributed by atoms with Crippen molar-refractivity contribution in [3.8, 4) is 0 Å². The number of allylic oxidation sites excluding steroid dienone is 2. The SMILES string of the molecule is CC12/C(=C3/C4C5CC6C7C5CC4C7C36C)C3C4CC1C1C4CC3C12. The highest BCUT2D eigenvalue weighted by atomic mass is 14.9. The van der Waals surface area contributed by atoms with Gasteiger partial charge in [-0.25, -0.2) is 0 Å². The van der Waals surface area contributed by atoms with Gasteiger partial charge in [0, 0.05) is 0 Å². The van der Waals surface area contributed by atoms with E-state index in [2.05, 4.69) is 25.0 Å². The molecule has 0 spiro atoms. The minimum absolute atomic E-state index is 0.722. The van der Waals surface area contributed by atoms with E-state index in [1.54, 1.807) is 25.7 Å². The van der Waals surface area contributed by atoms with Crippen molar-refractivity contribution in [3.05, 3.63) is 11.1 Å². The topological polar surface area (TPSA) is 0 Å². The Hall–Kier alpha value is -0.260. The molecule has 16 unspecified atom stereocenters. The molecule has 0 radical (unpaired) electrons. The zero-order chi connectivity index (χ0) is 15.1. The highest BCUT2D eigenvalue weighted by Crippen LogP contribution is 2.94. The second kappa shape index (κ2) is 2.65. The third kappa shape index (κ3) is 0.652. The molecule has 0 heteroatoms. The van der Waals surface area contributed by atoms with Crippen LogP contribution in [0.25, 0.3) is 0 Å². The lowest BCUT2D eigenvalue weighted by Gasteiger charge is -2.60. The van der Waals surface area contributed by atoms with Crippen molar-refractivity contribution in [1.82, 2.24) is 0 Å². The Bertz CT molecular complexity index is 767. The second-order valence-corrected chi connectivity index (χ2v) is 12.8. The van der Waals surface area contributed by atoms with E-state index in [0.29, 0.717) is 0 Å². The standard InChI is InChI=1S/C24H28/c1-23-13-5-9-7-3-11(19(23)17(7)13)15(9)21(23)22-16-10-6-14-18-8(10)4-12(16)20(18)24(14,22)2/h7-20H,3-6H2,1-2H3/b22-21-. The predicted octanol–water partition coefficient (Wildman–Crippen LogP) is 4.62. The van der Waals surface area contributed by atoms with Gasteiger partial charge >= 0.3 is 0 Å². The van der Waals surface area contributed by atoms with Crippen LogP contribution in [-0.2, 0) is 0 Å². The Morgan fingerprint density at radius 3 is 1.50 bits per heavy atom. The molecule has 0 aliphatic heterocycles. The molecule has 10 aliphatic carbocycles. The molecule has 10 fully saturated rings. The molecule has 124 valence electrons. The summed E-state index contributed by atoms with van der Waals surface area (Å²) in [4.78, 5) is 0. The zero-order valence-electron chi connectivity index (χ0n) is 14.9. The third-order valence-corrected chi connectivity index (χ3v) is 13.8. The first kappa shape index (κ1) is 11.5. The average molecular weight is 316 g/mol. The summed E-state index contributed by atoms with van der Waals surface area (Å²) >= 11 is 0. The molecule has 10 aliphatic rings. The molecule has 0 N–H and O–H groups in total. The molecule has 0 aromatic carbocycles. The van der Waals surface area contributed by atoms with Gasteiger partial charge in [-0.2, -0.15) is 0 Å². The first-order valence-corrected chi connectivity index (χ1v) is 11.4. The quantitative estimate of drug-likeness (QED) is 0.572. The van der Waals surface area contributed by atoms with E-state index in [9.17, 15) is 0 Å². The van der Waals surface area contributed by atoms with Crippen molar-refractivity contribution in [2.45, 2.75) is 39.5 Å². The van der Waals surface area contributed by atoms with Gasteiger partial charge in [-0.1, -0.05) is 25.0 Å². The van der Waals surface area contributed by atoms with Gasteiger partial charge in [0.15, 0.2) is 0 Å². The van der Waals surface area contributed by atoms with Crippen LogP contribution in [0.1, 0.15) is 39.5 Å². The molecule has 10 rings (SSSR count). The Labute approximate surface area is 144 Å². The van der Waals surface area contributed by atoms with Gasteiger partial charge < -0.3 is 0 Å². The van der Waals surface area contributed by atoms with Crippen LogP contribution in [-0.4, -0.2) is 0 Å². The molecule has 10 saturated carbocycles. The number of hydrogen-bond donors (Lipinski definition) is 0. The van der Waals surface area contributed by atoms with Crippen LogP contribution in [0.2, 0.25) is 0 Å². The summed E-state index contributed by atoms with van der Waals surface area (Å²) in [6, 6.07) is 0. The predicted molar refractivity (Wildman–Crippen MR) is 90.6 cm³/mol. The van der Waals surface area contributed by atoms with Crippen molar-refractivity contribution in [2.75, 3.05) is 0 Å². The molecule has 0 heterocycles. The Balaban J connectivity index is 1.34. The summed E-state index contributed by atoms with van der Waals surface area (Å²) in [6.07, 6.45) is 6.65. The van der Waals surface area contributed by atoms with E-state index in [-0.39, 0.29) is 0 Å². The summed E-state index contributed by atoms with van der Waals surface area (Å²) in [5, 5.41) is 0. The monoisotopic (exact) mass is 316 g/mol. The molecule has 24 heavy (non-hydrogen) atoms. The van der Waals surface area contributed by atoms with Crippen LogP contribution in [0.5, 0.6) is 0 Å². The summed E-state index contributed by atoms with van der Waals surface area (Å²) in [7, 11) is 0. The maximum Gasteiger partial charge on any atom is -0.00453 e. The Morgan fingerprint density at radius 2 is 1.04 bits per heavy atom. The summed E-state index contributed by atoms with van der Waals surface area (Å²) in [5.74, 6) is 16.4. The smallest absolute Gasteiger partial charge is 0.00453 e. The Morgan fingerprint density at radius 1 is 0.583 bits per heavy atom. The van der Waals surface area contributed by atoms with E-state index in [0.717, 1.165) is 34.5 Å². The van der Waals surface area contributed by atoms with E-state index in [1.165, 1.54) is 59.2 Å². The largest absolute Gasteiger partial charge is 0.0599 e. The third-order valence-electron chi connectivity index (χ3n) is 13.8. The fraction of sp³-hybridized carbons (Fsp3) is 0.917. The van der Waals surface area contributed by atoms with Crippen LogP contribution in [0, 0.1) is 93.7 Å². The zero-order valence-corrected chi connectivity index (χ0v) is 14.9. The number of rotatable bonds is 0. The van der Waals surface area contributed by atoms with Crippen molar-refractivity contribution < 1.29 is 0 Å². The number of fused-ring (bicyclic) bond motifs is 4. The minimum atomic E-state index is 0.722. The van der Waals surface area contributed by atoms with Crippen LogP contribution in [0.15, 0.2) is 11.1 Å². The van der Waals surface area contributed by atoms with Gasteiger partial charge in [-0.15, -0.1) is 0 Å². The molecule has 0 saturated heterocycles. The van der Waals surface area contributed by atoms with Crippen LogP contribution < -0.4 is 0 Å². The fourth-order valence-corrected chi connectivity index (χ4v) is 14.3. The Kier molecular flexibility index (Phi) is 1.26. The summed E-state index contributed by atoms with van der Waals surface area (Å²) < 4.78 is 0. The lowest BCUT2D eigenvalue weighted by atomic mass is 9.44. The van der Waals surface area contributed by atoms with Crippen LogP contribution >= 0.6 is 0 Å². The van der Waals surface area contributed by atoms with Gasteiger partial charge in [0.05, 0.1) is 0 Å². The van der Waals surface area contributed by atoms with Crippen molar-refractivity contribution in [1.29, 1.82) is 0 Å². The highest BCUT2D eigenvalue weighted by Gasteiger charge is 2.88. The maximum atomic E-state index is 2.80. The van der Waals surface area contributed by atoms with Crippen molar-refractivity contribution >= 4 is 0 Å². The molecular formula is C24H28. The van der Waals surface area contributed by atoms with E-state index in [1.807, 2.05) is 0 Å². The molecule has 4 bridgehead atoms. The second-order valence-electron chi connectivity index (χ2n) is 12.8. The van der Waals surface area contributed by atoms with E-state index < -0.39 is 0 Å².